The van der Waals surface area contributed by atoms with E-state index in [0.717, 1.165) is 54.6 Å². The molecule has 0 saturated carbocycles. The first-order valence-corrected chi connectivity index (χ1v) is 10.2. The Kier molecular flexibility index (Phi) is 4.13. The predicted octanol–water partition coefficient (Wildman–Crippen LogP) is 5.94. The van der Waals surface area contributed by atoms with Gasteiger partial charge in [-0.1, -0.05) is 48.5 Å². The molecule has 0 atom stereocenters. The normalized spacial score (nSPS) is 11.4. The van der Waals surface area contributed by atoms with Crippen LogP contribution in [0.25, 0.3) is 43.9 Å². The molecule has 0 fully saturated rings. The second-order valence-electron chi connectivity index (χ2n) is 7.34. The molecule has 0 radical (unpaired) electrons. The summed E-state index contributed by atoms with van der Waals surface area (Å²) in [5, 5.41) is 5.72. The minimum absolute atomic E-state index is 0.302. The van der Waals surface area contributed by atoms with E-state index in [1.807, 2.05) is 97.1 Å². The molecular formula is C27H18N2O2. The minimum atomic E-state index is 0.302. The summed E-state index contributed by atoms with van der Waals surface area (Å²) >= 11 is 0. The van der Waals surface area contributed by atoms with E-state index in [1.54, 1.807) is 0 Å². The molecular weight excluding hydrogens is 384 g/mol. The van der Waals surface area contributed by atoms with Gasteiger partial charge in [-0.25, -0.2) is 0 Å². The number of fused-ring (bicyclic) bond motifs is 4. The maximum absolute atomic E-state index is 6.06. The summed E-state index contributed by atoms with van der Waals surface area (Å²) in [5.74, 6) is 0. The van der Waals surface area contributed by atoms with Crippen LogP contribution in [-0.2, 0) is 0 Å². The lowest BCUT2D eigenvalue weighted by molar-refractivity contribution is 0.659. The largest absolute Gasteiger partial charge is 0.456 e. The van der Waals surface area contributed by atoms with Crippen LogP contribution in [0.4, 0.5) is 0 Å². The molecule has 0 amide bonds. The van der Waals surface area contributed by atoms with Crippen molar-refractivity contribution in [2.45, 2.75) is 0 Å². The fourth-order valence-corrected chi connectivity index (χ4v) is 4.05. The molecule has 4 heteroatoms. The molecule has 2 heterocycles. The number of para-hydroxylation sites is 4. The number of rotatable bonds is 2. The molecule has 0 aliphatic carbocycles. The lowest BCUT2D eigenvalue weighted by Gasteiger charge is -2.04. The second kappa shape index (κ2) is 7.26. The molecule has 0 aliphatic heterocycles. The fourth-order valence-electron chi connectivity index (χ4n) is 4.05. The van der Waals surface area contributed by atoms with Gasteiger partial charge in [-0.2, -0.15) is 0 Å². The topological polar surface area (TPSA) is 51.0 Å². The van der Waals surface area contributed by atoms with E-state index in [9.17, 15) is 0 Å². The third-order valence-corrected chi connectivity index (χ3v) is 5.47. The number of hydrogen-bond donors (Lipinski definition) is 0. The van der Waals surface area contributed by atoms with E-state index in [0.29, 0.717) is 6.67 Å². The van der Waals surface area contributed by atoms with Crippen molar-refractivity contribution < 1.29 is 8.83 Å². The zero-order chi connectivity index (χ0) is 20.6. The molecule has 31 heavy (non-hydrogen) atoms. The first-order chi connectivity index (χ1) is 15.4. The third-order valence-electron chi connectivity index (χ3n) is 5.47. The average molecular weight is 402 g/mol. The van der Waals surface area contributed by atoms with Gasteiger partial charge >= 0.3 is 0 Å². The lowest BCUT2D eigenvalue weighted by atomic mass is 10.1. The van der Waals surface area contributed by atoms with Gasteiger partial charge in [0, 0.05) is 21.5 Å². The van der Waals surface area contributed by atoms with E-state index in [1.165, 1.54) is 0 Å². The van der Waals surface area contributed by atoms with Crippen LogP contribution in [0.3, 0.4) is 0 Å². The molecule has 6 aromatic rings. The van der Waals surface area contributed by atoms with Crippen molar-refractivity contribution in [3.05, 3.63) is 108 Å². The van der Waals surface area contributed by atoms with Crippen molar-refractivity contribution in [3.8, 4) is 0 Å². The summed E-state index contributed by atoms with van der Waals surface area (Å²) in [6.07, 6.45) is 0. The monoisotopic (exact) mass is 402 g/mol. The summed E-state index contributed by atoms with van der Waals surface area (Å²) in [7, 11) is 0. The Morgan fingerprint density at radius 3 is 1.03 bits per heavy atom. The number of benzene rings is 4. The zero-order valence-corrected chi connectivity index (χ0v) is 16.7. The van der Waals surface area contributed by atoms with Crippen molar-refractivity contribution in [2.24, 2.45) is 9.98 Å². The SMILES string of the molecule is c1ccc2c(=NCN=c3c4ccccc4oc4ccccc34)c3ccccc3oc2c1. The Hall–Kier alpha value is -4.18. The van der Waals surface area contributed by atoms with Crippen LogP contribution in [0.15, 0.2) is 116 Å². The first-order valence-electron chi connectivity index (χ1n) is 10.2. The summed E-state index contributed by atoms with van der Waals surface area (Å²) in [4.78, 5) is 9.83. The smallest absolute Gasteiger partial charge is 0.136 e. The Balaban J connectivity index is 1.62. The van der Waals surface area contributed by atoms with Gasteiger partial charge in [0.05, 0.1) is 10.7 Å². The summed E-state index contributed by atoms with van der Waals surface area (Å²) < 4.78 is 12.1. The second-order valence-corrected chi connectivity index (χ2v) is 7.34. The van der Waals surface area contributed by atoms with Gasteiger partial charge in [-0.3, -0.25) is 9.98 Å². The average Bonchev–Trinajstić information content (AvgIpc) is 2.83. The zero-order valence-electron chi connectivity index (χ0n) is 16.7. The lowest BCUT2D eigenvalue weighted by Crippen LogP contribution is -2.09. The molecule has 148 valence electrons. The van der Waals surface area contributed by atoms with E-state index in [2.05, 4.69) is 0 Å². The van der Waals surface area contributed by atoms with Crippen LogP contribution in [0, 0.1) is 0 Å². The molecule has 0 spiro atoms. The number of nitrogens with zero attached hydrogens (tertiary/aromatic N) is 2. The van der Waals surface area contributed by atoms with Gasteiger partial charge in [-0.05, 0) is 48.5 Å². The van der Waals surface area contributed by atoms with E-state index in [4.69, 9.17) is 18.8 Å². The van der Waals surface area contributed by atoms with Crippen LogP contribution >= 0.6 is 0 Å². The number of hydrogen-bond acceptors (Lipinski definition) is 4. The van der Waals surface area contributed by atoms with Gasteiger partial charge in [0.15, 0.2) is 0 Å². The molecule has 0 aliphatic rings. The van der Waals surface area contributed by atoms with Crippen molar-refractivity contribution in [1.82, 2.24) is 0 Å². The quantitative estimate of drug-likeness (QED) is 0.336. The van der Waals surface area contributed by atoms with Crippen LogP contribution in [0.5, 0.6) is 0 Å². The first kappa shape index (κ1) is 17.7. The van der Waals surface area contributed by atoms with Crippen LogP contribution in [0.1, 0.15) is 0 Å². The summed E-state index contributed by atoms with van der Waals surface area (Å²) in [6.45, 7) is 0.302. The van der Waals surface area contributed by atoms with Gasteiger partial charge < -0.3 is 8.83 Å². The van der Waals surface area contributed by atoms with Crippen molar-refractivity contribution in [3.63, 3.8) is 0 Å². The van der Waals surface area contributed by atoms with Crippen LogP contribution in [0.2, 0.25) is 0 Å². The van der Waals surface area contributed by atoms with E-state index < -0.39 is 0 Å². The third kappa shape index (κ3) is 3.01. The molecule has 0 bridgehead atoms. The Labute approximate surface area is 177 Å². The van der Waals surface area contributed by atoms with Crippen molar-refractivity contribution in [1.29, 1.82) is 0 Å². The summed E-state index contributed by atoms with van der Waals surface area (Å²) in [5.41, 5.74) is 3.26. The standard InChI is InChI=1S/C27H18N2O2/c1-5-13-22-18(9-1)26(19-10-2-6-14-23(19)30-22)28-17-29-27-20-11-3-7-15-24(20)31-25-16-8-4-12-21(25)27/h1-16H,17H2. The molecule has 0 saturated heterocycles. The van der Waals surface area contributed by atoms with Gasteiger partial charge in [0.2, 0.25) is 0 Å². The van der Waals surface area contributed by atoms with Crippen molar-refractivity contribution >= 4 is 43.9 Å². The molecule has 6 rings (SSSR count). The molecule has 2 aromatic heterocycles. The predicted molar refractivity (Wildman–Crippen MR) is 123 cm³/mol. The Morgan fingerprint density at radius 2 is 0.710 bits per heavy atom. The fraction of sp³-hybridized carbons (Fsp3) is 0.0370. The van der Waals surface area contributed by atoms with E-state index in [-0.39, 0.29) is 0 Å². The highest BCUT2D eigenvalue weighted by molar-refractivity contribution is 5.90. The highest BCUT2D eigenvalue weighted by Gasteiger charge is 2.06. The molecule has 4 aromatic carbocycles. The van der Waals surface area contributed by atoms with Crippen LogP contribution in [-0.4, -0.2) is 6.67 Å². The van der Waals surface area contributed by atoms with Crippen molar-refractivity contribution in [2.75, 3.05) is 6.67 Å². The maximum atomic E-state index is 6.06. The highest BCUT2D eigenvalue weighted by atomic mass is 16.3. The molecule has 4 nitrogen and oxygen atoms in total. The summed E-state index contributed by atoms with van der Waals surface area (Å²) in [6, 6.07) is 31.9. The molecule has 0 N–H and O–H groups in total. The van der Waals surface area contributed by atoms with Gasteiger partial charge in [-0.15, -0.1) is 0 Å². The Morgan fingerprint density at radius 1 is 0.419 bits per heavy atom. The molecule has 0 unspecified atom stereocenters. The van der Waals surface area contributed by atoms with E-state index >= 15 is 0 Å². The highest BCUT2D eigenvalue weighted by Crippen LogP contribution is 2.19. The maximum Gasteiger partial charge on any atom is 0.136 e. The van der Waals surface area contributed by atoms with Gasteiger partial charge in [0.25, 0.3) is 0 Å². The van der Waals surface area contributed by atoms with Crippen LogP contribution < -0.4 is 10.7 Å². The van der Waals surface area contributed by atoms with Gasteiger partial charge in [0.1, 0.15) is 29.0 Å². The minimum Gasteiger partial charge on any atom is -0.456 e. The Bertz CT molecular complexity index is 1480.